The summed E-state index contributed by atoms with van der Waals surface area (Å²) >= 11 is 12.3. The zero-order valence-electron chi connectivity index (χ0n) is 20.1. The van der Waals surface area contributed by atoms with E-state index in [0.717, 1.165) is 16.7 Å². The standard InChI is InChI=1S/C28H30Cl2N2O3/c1-19(2)31-28(34)26(16-21-7-5-4-6-8-21)32(17-22-11-14-24(29)25(30)15-22)27(33)18-35-23-12-9-20(3)10-13-23/h4-15,19,26H,16-18H2,1-3H3,(H,31,34)/t26-/m1/s1. The summed E-state index contributed by atoms with van der Waals surface area (Å²) < 4.78 is 5.78. The molecule has 3 aromatic carbocycles. The second kappa shape index (κ2) is 12.6. The van der Waals surface area contributed by atoms with Gasteiger partial charge in [-0.3, -0.25) is 9.59 Å². The summed E-state index contributed by atoms with van der Waals surface area (Å²) in [4.78, 5) is 28.4. The van der Waals surface area contributed by atoms with Crippen molar-refractivity contribution < 1.29 is 14.3 Å². The van der Waals surface area contributed by atoms with Gasteiger partial charge in [-0.05, 0) is 56.2 Å². The zero-order chi connectivity index (χ0) is 25.4. The third-order valence-electron chi connectivity index (χ3n) is 5.42. The molecule has 0 saturated heterocycles. The molecular weight excluding hydrogens is 483 g/mol. The number of nitrogens with one attached hydrogen (secondary N) is 1. The largest absolute Gasteiger partial charge is 0.484 e. The number of nitrogens with zero attached hydrogens (tertiary/aromatic N) is 1. The molecule has 0 aliphatic carbocycles. The van der Waals surface area contributed by atoms with Crippen molar-refractivity contribution in [3.05, 3.63) is 99.5 Å². The first-order chi connectivity index (χ1) is 16.7. The first kappa shape index (κ1) is 26.6. The topological polar surface area (TPSA) is 58.6 Å². The van der Waals surface area contributed by atoms with Crippen molar-refractivity contribution in [1.82, 2.24) is 10.2 Å². The number of carbonyl (C=O) groups excluding carboxylic acids is 2. The highest BCUT2D eigenvalue weighted by atomic mass is 35.5. The number of carbonyl (C=O) groups is 2. The number of hydrogen-bond donors (Lipinski definition) is 1. The van der Waals surface area contributed by atoms with Crippen molar-refractivity contribution in [2.75, 3.05) is 6.61 Å². The molecule has 0 heterocycles. The fourth-order valence-corrected chi connectivity index (χ4v) is 3.95. The van der Waals surface area contributed by atoms with Gasteiger partial charge in [-0.2, -0.15) is 0 Å². The Hall–Kier alpha value is -3.02. The lowest BCUT2D eigenvalue weighted by atomic mass is 10.0. The molecule has 0 fully saturated rings. The van der Waals surface area contributed by atoms with Crippen LogP contribution in [-0.2, 0) is 22.6 Å². The van der Waals surface area contributed by atoms with Crippen molar-refractivity contribution in [1.29, 1.82) is 0 Å². The summed E-state index contributed by atoms with van der Waals surface area (Å²) in [5.74, 6) is 0.0498. The van der Waals surface area contributed by atoms with Gasteiger partial charge in [0.2, 0.25) is 5.91 Å². The normalized spacial score (nSPS) is 11.7. The second-order valence-corrected chi connectivity index (χ2v) is 9.56. The molecule has 3 aromatic rings. The van der Waals surface area contributed by atoms with Crippen molar-refractivity contribution >= 4 is 35.0 Å². The van der Waals surface area contributed by atoms with Gasteiger partial charge in [0, 0.05) is 19.0 Å². The Morgan fingerprint density at radius 1 is 0.914 bits per heavy atom. The van der Waals surface area contributed by atoms with E-state index >= 15 is 0 Å². The lowest BCUT2D eigenvalue weighted by Crippen LogP contribution is -2.52. The molecular formula is C28H30Cl2N2O3. The Morgan fingerprint density at radius 2 is 1.60 bits per heavy atom. The monoisotopic (exact) mass is 512 g/mol. The van der Waals surface area contributed by atoms with E-state index in [0.29, 0.717) is 22.2 Å². The van der Waals surface area contributed by atoms with Crippen LogP contribution < -0.4 is 10.1 Å². The van der Waals surface area contributed by atoms with E-state index < -0.39 is 6.04 Å². The molecule has 1 N–H and O–H groups in total. The summed E-state index contributed by atoms with van der Waals surface area (Å²) in [7, 11) is 0. The second-order valence-electron chi connectivity index (χ2n) is 8.74. The fourth-order valence-electron chi connectivity index (χ4n) is 3.63. The Bertz CT molecular complexity index is 1130. The molecule has 1 atom stereocenters. The highest BCUT2D eigenvalue weighted by molar-refractivity contribution is 6.42. The van der Waals surface area contributed by atoms with E-state index in [1.54, 1.807) is 23.1 Å². The molecule has 0 aliphatic heterocycles. The third kappa shape index (κ3) is 8.01. The lowest BCUT2D eigenvalue weighted by molar-refractivity contribution is -0.143. The molecule has 0 unspecified atom stereocenters. The predicted molar refractivity (Wildman–Crippen MR) is 141 cm³/mol. The summed E-state index contributed by atoms with van der Waals surface area (Å²) in [5, 5.41) is 3.78. The van der Waals surface area contributed by atoms with Gasteiger partial charge < -0.3 is 15.0 Å². The van der Waals surface area contributed by atoms with Gasteiger partial charge in [0.15, 0.2) is 6.61 Å². The summed E-state index contributed by atoms with van der Waals surface area (Å²) in [6.45, 7) is 5.74. The summed E-state index contributed by atoms with van der Waals surface area (Å²) in [5.41, 5.74) is 2.81. The number of amides is 2. The Balaban J connectivity index is 1.92. The molecule has 2 amide bonds. The number of halogens is 2. The number of aryl methyl sites for hydroxylation is 1. The van der Waals surface area contributed by atoms with Crippen LogP contribution >= 0.6 is 23.2 Å². The predicted octanol–water partition coefficient (Wildman–Crippen LogP) is 5.85. The van der Waals surface area contributed by atoms with Crippen LogP contribution in [0.2, 0.25) is 10.0 Å². The van der Waals surface area contributed by atoms with Gasteiger partial charge in [0.25, 0.3) is 5.91 Å². The maximum atomic E-state index is 13.5. The quantitative estimate of drug-likeness (QED) is 0.370. The van der Waals surface area contributed by atoms with Crippen LogP contribution in [0.1, 0.15) is 30.5 Å². The maximum absolute atomic E-state index is 13.5. The zero-order valence-corrected chi connectivity index (χ0v) is 21.6. The minimum Gasteiger partial charge on any atom is -0.484 e. The Kier molecular flexibility index (Phi) is 9.58. The highest BCUT2D eigenvalue weighted by Crippen LogP contribution is 2.24. The van der Waals surface area contributed by atoms with Crippen LogP contribution in [0.3, 0.4) is 0 Å². The molecule has 3 rings (SSSR count). The van der Waals surface area contributed by atoms with Crippen LogP contribution in [-0.4, -0.2) is 35.4 Å². The van der Waals surface area contributed by atoms with E-state index in [2.05, 4.69) is 5.32 Å². The van der Waals surface area contributed by atoms with E-state index in [9.17, 15) is 9.59 Å². The van der Waals surface area contributed by atoms with E-state index in [4.69, 9.17) is 27.9 Å². The van der Waals surface area contributed by atoms with Crippen LogP contribution in [0.25, 0.3) is 0 Å². The highest BCUT2D eigenvalue weighted by Gasteiger charge is 2.31. The molecule has 0 spiro atoms. The van der Waals surface area contributed by atoms with E-state index in [-0.39, 0.29) is 31.0 Å². The first-order valence-corrected chi connectivity index (χ1v) is 12.3. The molecule has 0 aromatic heterocycles. The molecule has 35 heavy (non-hydrogen) atoms. The van der Waals surface area contributed by atoms with Gasteiger partial charge in [0.05, 0.1) is 10.0 Å². The average Bonchev–Trinajstić information content (AvgIpc) is 2.83. The molecule has 0 radical (unpaired) electrons. The smallest absolute Gasteiger partial charge is 0.261 e. The van der Waals surface area contributed by atoms with E-state index in [1.165, 1.54) is 0 Å². The Morgan fingerprint density at radius 3 is 2.23 bits per heavy atom. The average molecular weight is 513 g/mol. The van der Waals surface area contributed by atoms with Crippen molar-refractivity contribution in [3.63, 3.8) is 0 Å². The van der Waals surface area contributed by atoms with Crippen LogP contribution in [0.5, 0.6) is 5.75 Å². The van der Waals surface area contributed by atoms with Crippen molar-refractivity contribution in [2.45, 2.75) is 45.8 Å². The Labute approximate surface area is 217 Å². The molecule has 0 saturated carbocycles. The number of benzene rings is 3. The molecule has 184 valence electrons. The van der Waals surface area contributed by atoms with Crippen LogP contribution in [0, 0.1) is 6.92 Å². The molecule has 7 heteroatoms. The number of rotatable bonds is 10. The van der Waals surface area contributed by atoms with Gasteiger partial charge in [-0.1, -0.05) is 77.3 Å². The molecule has 5 nitrogen and oxygen atoms in total. The first-order valence-electron chi connectivity index (χ1n) is 11.5. The third-order valence-corrected chi connectivity index (χ3v) is 6.16. The number of ether oxygens (including phenoxy) is 1. The summed E-state index contributed by atoms with van der Waals surface area (Å²) in [6.07, 6.45) is 0.358. The maximum Gasteiger partial charge on any atom is 0.261 e. The van der Waals surface area contributed by atoms with Gasteiger partial charge >= 0.3 is 0 Å². The van der Waals surface area contributed by atoms with Crippen molar-refractivity contribution in [3.8, 4) is 5.75 Å². The number of hydrogen-bond acceptors (Lipinski definition) is 3. The van der Waals surface area contributed by atoms with Crippen molar-refractivity contribution in [2.24, 2.45) is 0 Å². The molecule has 0 bridgehead atoms. The minimum atomic E-state index is -0.747. The lowest BCUT2D eigenvalue weighted by Gasteiger charge is -2.32. The summed E-state index contributed by atoms with van der Waals surface area (Å²) in [6, 6.07) is 21.5. The molecule has 0 aliphatic rings. The van der Waals surface area contributed by atoms with Gasteiger partial charge in [-0.15, -0.1) is 0 Å². The fraction of sp³-hybridized carbons (Fsp3) is 0.286. The van der Waals surface area contributed by atoms with E-state index in [1.807, 2.05) is 75.4 Å². The minimum absolute atomic E-state index is 0.0773. The SMILES string of the molecule is Cc1ccc(OCC(=O)N(Cc2ccc(Cl)c(Cl)c2)[C@H](Cc2ccccc2)C(=O)NC(C)C)cc1. The van der Waals surface area contributed by atoms with Crippen LogP contribution in [0.4, 0.5) is 0 Å². The van der Waals surface area contributed by atoms with Gasteiger partial charge in [0.1, 0.15) is 11.8 Å². The van der Waals surface area contributed by atoms with Crippen LogP contribution in [0.15, 0.2) is 72.8 Å². The van der Waals surface area contributed by atoms with Gasteiger partial charge in [-0.25, -0.2) is 0 Å².